The van der Waals surface area contributed by atoms with Crippen molar-refractivity contribution < 1.29 is 14.6 Å². The summed E-state index contributed by atoms with van der Waals surface area (Å²) in [6.45, 7) is 4.52. The molecule has 106 valence electrons. The first-order chi connectivity index (χ1) is 9.55. The van der Waals surface area contributed by atoms with Crippen LogP contribution in [-0.2, 0) is 4.74 Å². The number of anilines is 1. The average molecular weight is 274 g/mol. The maximum atomic E-state index is 11.8. The van der Waals surface area contributed by atoms with Gasteiger partial charge in [0.2, 0.25) is 0 Å². The fourth-order valence-corrected chi connectivity index (χ4v) is 2.50. The van der Waals surface area contributed by atoms with Crippen molar-refractivity contribution in [3.63, 3.8) is 0 Å². The molecule has 1 heterocycles. The molecule has 2 rings (SSSR count). The molecule has 0 saturated carbocycles. The van der Waals surface area contributed by atoms with Crippen molar-refractivity contribution in [1.29, 1.82) is 5.26 Å². The largest absolute Gasteiger partial charge is 0.394 e. The van der Waals surface area contributed by atoms with E-state index in [0.717, 1.165) is 5.69 Å². The second kappa shape index (κ2) is 6.04. The first-order valence-electron chi connectivity index (χ1n) is 6.61. The Morgan fingerprint density at radius 2 is 2.30 bits per heavy atom. The lowest BCUT2D eigenvalue weighted by Crippen LogP contribution is -2.48. The lowest BCUT2D eigenvalue weighted by atomic mass is 10.0. The van der Waals surface area contributed by atoms with E-state index < -0.39 is 0 Å². The molecule has 1 saturated heterocycles. The van der Waals surface area contributed by atoms with Gasteiger partial charge in [0.15, 0.2) is 5.78 Å². The van der Waals surface area contributed by atoms with E-state index in [2.05, 4.69) is 6.07 Å². The molecule has 1 aliphatic heterocycles. The summed E-state index contributed by atoms with van der Waals surface area (Å²) in [5, 5.41) is 18.3. The summed E-state index contributed by atoms with van der Waals surface area (Å²) in [5.41, 5.74) is 1.85. The molecule has 20 heavy (non-hydrogen) atoms. The lowest BCUT2D eigenvalue weighted by Gasteiger charge is -2.38. The molecule has 0 amide bonds. The van der Waals surface area contributed by atoms with E-state index in [9.17, 15) is 9.90 Å². The summed E-state index contributed by atoms with van der Waals surface area (Å²) in [6.07, 6.45) is -0.309. The zero-order chi connectivity index (χ0) is 14.7. The van der Waals surface area contributed by atoms with Crippen LogP contribution in [-0.4, -0.2) is 42.8 Å². The number of ketones is 1. The molecule has 1 aromatic rings. The highest BCUT2D eigenvalue weighted by Gasteiger charge is 2.27. The van der Waals surface area contributed by atoms with E-state index >= 15 is 0 Å². The maximum Gasteiger partial charge on any atom is 0.161 e. The zero-order valence-electron chi connectivity index (χ0n) is 11.7. The van der Waals surface area contributed by atoms with Gasteiger partial charge in [-0.3, -0.25) is 4.79 Å². The van der Waals surface area contributed by atoms with E-state index in [1.54, 1.807) is 18.2 Å². The summed E-state index contributed by atoms with van der Waals surface area (Å²) in [7, 11) is 0. The van der Waals surface area contributed by atoms with Gasteiger partial charge in [0.05, 0.1) is 30.4 Å². The lowest BCUT2D eigenvalue weighted by molar-refractivity contribution is -0.0421. The van der Waals surface area contributed by atoms with E-state index in [0.29, 0.717) is 24.2 Å². The molecule has 5 heteroatoms. The monoisotopic (exact) mass is 274 g/mol. The average Bonchev–Trinajstić information content (AvgIpc) is 2.45. The van der Waals surface area contributed by atoms with Gasteiger partial charge in [-0.05, 0) is 32.0 Å². The van der Waals surface area contributed by atoms with Gasteiger partial charge in [-0.2, -0.15) is 5.26 Å². The molecular weight excluding hydrogens is 256 g/mol. The van der Waals surface area contributed by atoms with Crippen LogP contribution in [0.3, 0.4) is 0 Å². The standard InChI is InChI=1S/C15H18N2O3/c1-10-7-17(8-13(9-18)20-10)15-5-12(6-16)3-4-14(15)11(2)19/h3-5,10,13,18H,7-9H2,1-2H3. The van der Waals surface area contributed by atoms with Crippen LogP contribution in [0.4, 0.5) is 5.69 Å². The molecule has 0 aliphatic carbocycles. The van der Waals surface area contributed by atoms with Crippen LogP contribution < -0.4 is 4.90 Å². The number of hydrogen-bond acceptors (Lipinski definition) is 5. The van der Waals surface area contributed by atoms with E-state index in [-0.39, 0.29) is 24.6 Å². The predicted octanol–water partition coefficient (Wildman–Crippen LogP) is 1.35. The number of rotatable bonds is 3. The van der Waals surface area contributed by atoms with Gasteiger partial charge in [0.1, 0.15) is 0 Å². The third kappa shape index (κ3) is 2.98. The number of aliphatic hydroxyl groups is 1. The Balaban J connectivity index is 2.39. The topological polar surface area (TPSA) is 73.6 Å². The molecule has 1 fully saturated rings. The van der Waals surface area contributed by atoms with Crippen molar-refractivity contribution in [1.82, 2.24) is 0 Å². The Hall–Kier alpha value is -1.90. The molecule has 1 N–H and O–H groups in total. The van der Waals surface area contributed by atoms with Crippen LogP contribution in [0.25, 0.3) is 0 Å². The van der Waals surface area contributed by atoms with E-state index in [1.165, 1.54) is 6.92 Å². The normalized spacial score (nSPS) is 22.4. The molecule has 2 unspecified atom stereocenters. The molecule has 1 aliphatic rings. The van der Waals surface area contributed by atoms with Crippen molar-refractivity contribution in [3.8, 4) is 6.07 Å². The Morgan fingerprint density at radius 3 is 2.90 bits per heavy atom. The molecule has 0 bridgehead atoms. The summed E-state index contributed by atoms with van der Waals surface area (Å²) >= 11 is 0. The highest BCUT2D eigenvalue weighted by molar-refractivity contribution is 6.00. The van der Waals surface area contributed by atoms with Gasteiger partial charge < -0.3 is 14.7 Å². The van der Waals surface area contributed by atoms with Gasteiger partial charge in [-0.25, -0.2) is 0 Å². The highest BCUT2D eigenvalue weighted by atomic mass is 16.5. The molecule has 1 aromatic carbocycles. The fourth-order valence-electron chi connectivity index (χ4n) is 2.50. The van der Waals surface area contributed by atoms with Gasteiger partial charge in [-0.1, -0.05) is 0 Å². The summed E-state index contributed by atoms with van der Waals surface area (Å²) in [4.78, 5) is 13.8. The minimum atomic E-state index is -0.274. The molecular formula is C15H18N2O3. The van der Waals surface area contributed by atoms with Crippen LogP contribution in [0.2, 0.25) is 0 Å². The number of morpholine rings is 1. The minimum absolute atomic E-state index is 0.0357. The van der Waals surface area contributed by atoms with Crippen molar-refractivity contribution >= 4 is 11.5 Å². The van der Waals surface area contributed by atoms with Gasteiger partial charge in [-0.15, -0.1) is 0 Å². The summed E-state index contributed by atoms with van der Waals surface area (Å²) < 4.78 is 5.60. The predicted molar refractivity (Wildman–Crippen MR) is 74.8 cm³/mol. The van der Waals surface area contributed by atoms with Gasteiger partial charge >= 0.3 is 0 Å². The first kappa shape index (κ1) is 14.5. The Kier molecular flexibility index (Phi) is 4.38. The quantitative estimate of drug-likeness (QED) is 0.842. The Labute approximate surface area is 118 Å². The number of nitrogens with zero attached hydrogens (tertiary/aromatic N) is 2. The number of Topliss-reactive ketones (excluding diaryl/α,β-unsaturated/α-hetero) is 1. The zero-order valence-corrected chi connectivity index (χ0v) is 11.7. The van der Waals surface area contributed by atoms with Crippen LogP contribution >= 0.6 is 0 Å². The molecule has 5 nitrogen and oxygen atoms in total. The third-order valence-electron chi connectivity index (χ3n) is 3.38. The number of nitriles is 1. The Morgan fingerprint density at radius 1 is 1.55 bits per heavy atom. The van der Waals surface area contributed by atoms with Crippen LogP contribution in [0.5, 0.6) is 0 Å². The third-order valence-corrected chi connectivity index (χ3v) is 3.38. The second-order valence-electron chi connectivity index (χ2n) is 5.06. The molecule has 0 aromatic heterocycles. The highest BCUT2D eigenvalue weighted by Crippen LogP contribution is 2.26. The summed E-state index contributed by atoms with van der Waals surface area (Å²) in [5.74, 6) is -0.0378. The number of ether oxygens (including phenoxy) is 1. The maximum absolute atomic E-state index is 11.8. The Bertz CT molecular complexity index is 551. The number of carbonyl (C=O) groups excluding carboxylic acids is 1. The number of hydrogen-bond donors (Lipinski definition) is 1. The van der Waals surface area contributed by atoms with Crippen molar-refractivity contribution in [2.24, 2.45) is 0 Å². The smallest absolute Gasteiger partial charge is 0.161 e. The fraction of sp³-hybridized carbons (Fsp3) is 0.467. The van der Waals surface area contributed by atoms with Crippen molar-refractivity contribution in [2.45, 2.75) is 26.1 Å². The molecule has 0 spiro atoms. The van der Waals surface area contributed by atoms with Crippen molar-refractivity contribution in [2.75, 3.05) is 24.6 Å². The molecule has 2 atom stereocenters. The number of aliphatic hydroxyl groups excluding tert-OH is 1. The minimum Gasteiger partial charge on any atom is -0.394 e. The number of carbonyl (C=O) groups is 1. The van der Waals surface area contributed by atoms with Crippen molar-refractivity contribution in [3.05, 3.63) is 29.3 Å². The van der Waals surface area contributed by atoms with Gasteiger partial charge in [0.25, 0.3) is 0 Å². The van der Waals surface area contributed by atoms with Crippen LogP contribution in [0.1, 0.15) is 29.8 Å². The number of benzene rings is 1. The van der Waals surface area contributed by atoms with Crippen LogP contribution in [0.15, 0.2) is 18.2 Å². The summed E-state index contributed by atoms with van der Waals surface area (Å²) in [6, 6.07) is 7.15. The SMILES string of the molecule is CC(=O)c1ccc(C#N)cc1N1CC(C)OC(CO)C1. The van der Waals surface area contributed by atoms with E-state index in [1.807, 2.05) is 11.8 Å². The first-order valence-corrected chi connectivity index (χ1v) is 6.61. The van der Waals surface area contributed by atoms with Crippen LogP contribution in [0, 0.1) is 11.3 Å². The molecule has 0 radical (unpaired) electrons. The second-order valence-corrected chi connectivity index (χ2v) is 5.06. The van der Waals surface area contributed by atoms with E-state index in [4.69, 9.17) is 10.00 Å². The van der Waals surface area contributed by atoms with Gasteiger partial charge in [0, 0.05) is 24.3 Å².